The standard InChI is InChI=1S/C7H14N2O3.C6H12N2O3.3C2H6/c1-2-9-6(10)4-3-5(8)7(11)12;1-8-5(9)3-2-4(7)6(10)11;3*1-2/h5H,2-4,8H2,1H3,(H,9,10)(H,11,12);4H,2-3,7H2,1H3,(H,8,9)(H,10,11);3*1-2H3/t5-;4-;;;/m00.../s1. The maximum Gasteiger partial charge on any atom is 0.320 e. The Bertz CT molecular complexity index is 406. The first-order valence-corrected chi connectivity index (χ1v) is 10.1. The van der Waals surface area contributed by atoms with Crippen LogP contribution < -0.4 is 22.1 Å². The van der Waals surface area contributed by atoms with E-state index in [4.69, 9.17) is 21.7 Å². The molecule has 0 bridgehead atoms. The van der Waals surface area contributed by atoms with E-state index in [0.29, 0.717) is 6.54 Å². The summed E-state index contributed by atoms with van der Waals surface area (Å²) in [6.45, 7) is 14.4. The molecular formula is C19H44N4O6. The van der Waals surface area contributed by atoms with E-state index in [1.54, 1.807) is 6.92 Å². The molecule has 0 aliphatic heterocycles. The smallest absolute Gasteiger partial charge is 0.320 e. The first-order chi connectivity index (χ1) is 13.6. The van der Waals surface area contributed by atoms with Gasteiger partial charge in [-0.15, -0.1) is 0 Å². The van der Waals surface area contributed by atoms with Crippen LogP contribution in [0.5, 0.6) is 0 Å². The summed E-state index contributed by atoms with van der Waals surface area (Å²) in [4.78, 5) is 41.7. The largest absolute Gasteiger partial charge is 0.480 e. The van der Waals surface area contributed by atoms with E-state index in [9.17, 15) is 19.2 Å². The van der Waals surface area contributed by atoms with Crippen molar-refractivity contribution in [2.75, 3.05) is 13.6 Å². The Morgan fingerprint density at radius 3 is 1.31 bits per heavy atom. The molecule has 0 aliphatic rings. The Kier molecular flexibility index (Phi) is 39.5. The third-order valence-corrected chi connectivity index (χ3v) is 2.65. The molecule has 0 saturated carbocycles. The van der Waals surface area contributed by atoms with Crippen molar-refractivity contribution >= 4 is 23.8 Å². The Labute approximate surface area is 175 Å². The average Bonchev–Trinajstić information content (AvgIpc) is 2.74. The van der Waals surface area contributed by atoms with E-state index < -0.39 is 24.0 Å². The second kappa shape index (κ2) is 30.5. The van der Waals surface area contributed by atoms with Gasteiger partial charge in [0, 0.05) is 26.4 Å². The number of aliphatic carboxylic acids is 2. The molecule has 8 N–H and O–H groups in total. The van der Waals surface area contributed by atoms with Crippen molar-refractivity contribution in [1.82, 2.24) is 10.6 Å². The van der Waals surface area contributed by atoms with Crippen LogP contribution in [0.1, 0.15) is 74.1 Å². The number of hydrogen-bond donors (Lipinski definition) is 6. The summed E-state index contributed by atoms with van der Waals surface area (Å²) in [7, 11) is 1.49. The molecule has 0 radical (unpaired) electrons. The molecule has 10 nitrogen and oxygen atoms in total. The Morgan fingerprint density at radius 1 is 0.759 bits per heavy atom. The molecule has 2 amide bonds. The monoisotopic (exact) mass is 424 g/mol. The van der Waals surface area contributed by atoms with Crippen LogP contribution >= 0.6 is 0 Å². The summed E-state index contributed by atoms with van der Waals surface area (Å²) in [6.07, 6.45) is 0.682. The first-order valence-electron chi connectivity index (χ1n) is 10.1. The van der Waals surface area contributed by atoms with Gasteiger partial charge in [-0.1, -0.05) is 41.5 Å². The fourth-order valence-corrected chi connectivity index (χ4v) is 1.23. The number of nitrogens with two attached hydrogens (primary N) is 2. The highest BCUT2D eigenvalue weighted by Crippen LogP contribution is 1.94. The van der Waals surface area contributed by atoms with Crippen molar-refractivity contribution in [2.45, 2.75) is 86.2 Å². The van der Waals surface area contributed by atoms with Gasteiger partial charge in [-0.2, -0.15) is 0 Å². The van der Waals surface area contributed by atoms with Crippen LogP contribution in [0, 0.1) is 0 Å². The summed E-state index contributed by atoms with van der Waals surface area (Å²) in [5.74, 6) is -2.50. The average molecular weight is 425 g/mol. The van der Waals surface area contributed by atoms with E-state index in [-0.39, 0.29) is 37.5 Å². The minimum atomic E-state index is -1.08. The Morgan fingerprint density at radius 2 is 1.07 bits per heavy atom. The minimum absolute atomic E-state index is 0.157. The summed E-state index contributed by atoms with van der Waals surface area (Å²) < 4.78 is 0. The van der Waals surface area contributed by atoms with Crippen molar-refractivity contribution in [1.29, 1.82) is 0 Å². The first kappa shape index (κ1) is 37.5. The number of carboxylic acid groups (broad SMARTS) is 2. The van der Waals surface area contributed by atoms with Gasteiger partial charge in [-0.05, 0) is 19.8 Å². The second-order valence-corrected chi connectivity index (χ2v) is 4.59. The number of hydrogen-bond acceptors (Lipinski definition) is 6. The van der Waals surface area contributed by atoms with Crippen molar-refractivity contribution < 1.29 is 29.4 Å². The van der Waals surface area contributed by atoms with E-state index >= 15 is 0 Å². The zero-order valence-electron chi connectivity index (χ0n) is 19.4. The molecule has 0 aromatic rings. The number of rotatable bonds is 9. The third kappa shape index (κ3) is 33.8. The predicted molar refractivity (Wildman–Crippen MR) is 116 cm³/mol. The lowest BCUT2D eigenvalue weighted by Crippen LogP contribution is -2.32. The Balaban J connectivity index is -0.000000105. The van der Waals surface area contributed by atoms with Crippen LogP contribution in [0.3, 0.4) is 0 Å². The molecule has 10 heteroatoms. The maximum atomic E-state index is 10.8. The van der Waals surface area contributed by atoms with Crippen molar-refractivity contribution in [3.05, 3.63) is 0 Å². The number of carbonyl (C=O) groups excluding carboxylic acids is 2. The molecule has 0 heterocycles. The zero-order valence-corrected chi connectivity index (χ0v) is 19.4. The summed E-state index contributed by atoms with van der Waals surface area (Å²) in [6, 6.07) is -1.88. The number of carbonyl (C=O) groups is 4. The molecule has 0 aromatic heterocycles. The van der Waals surface area contributed by atoms with E-state index in [1.165, 1.54) is 7.05 Å². The van der Waals surface area contributed by atoms with Crippen molar-refractivity contribution in [2.24, 2.45) is 11.5 Å². The molecule has 2 atom stereocenters. The topological polar surface area (TPSA) is 185 Å². The highest BCUT2D eigenvalue weighted by molar-refractivity contribution is 5.78. The summed E-state index contributed by atoms with van der Waals surface area (Å²) >= 11 is 0. The summed E-state index contributed by atoms with van der Waals surface area (Å²) in [5.41, 5.74) is 10.3. The predicted octanol–water partition coefficient (Wildman–Crippen LogP) is 1.32. The second-order valence-electron chi connectivity index (χ2n) is 4.59. The fourth-order valence-electron chi connectivity index (χ4n) is 1.23. The van der Waals surface area contributed by atoms with Crippen LogP contribution in [0.15, 0.2) is 0 Å². The zero-order chi connectivity index (χ0) is 24.4. The van der Waals surface area contributed by atoms with Gasteiger partial charge in [0.05, 0.1) is 0 Å². The van der Waals surface area contributed by atoms with Gasteiger partial charge in [0.15, 0.2) is 0 Å². The molecule has 0 unspecified atom stereocenters. The summed E-state index contributed by atoms with van der Waals surface area (Å²) in [5, 5.41) is 21.6. The normalized spacial score (nSPS) is 10.3. The van der Waals surface area contributed by atoms with E-state index in [0.717, 1.165) is 0 Å². The van der Waals surface area contributed by atoms with Gasteiger partial charge in [0.1, 0.15) is 12.1 Å². The SMILES string of the molecule is CC.CC.CC.CCNC(=O)CC[C@H](N)C(=O)O.CNC(=O)CC[C@H](N)C(=O)O. The van der Waals surface area contributed by atoms with Gasteiger partial charge < -0.3 is 32.3 Å². The lowest BCUT2D eigenvalue weighted by atomic mass is 10.1. The van der Waals surface area contributed by atoms with E-state index in [2.05, 4.69) is 10.6 Å². The lowest BCUT2D eigenvalue weighted by Gasteiger charge is -2.05. The molecule has 0 fully saturated rings. The van der Waals surface area contributed by atoms with Crippen LogP contribution in [-0.4, -0.2) is 59.6 Å². The number of amides is 2. The van der Waals surface area contributed by atoms with E-state index in [1.807, 2.05) is 41.5 Å². The molecule has 0 aromatic carbocycles. The van der Waals surface area contributed by atoms with Crippen LogP contribution in [-0.2, 0) is 19.2 Å². The van der Waals surface area contributed by atoms with Gasteiger partial charge in [-0.3, -0.25) is 19.2 Å². The van der Waals surface area contributed by atoms with Crippen LogP contribution in [0.25, 0.3) is 0 Å². The third-order valence-electron chi connectivity index (χ3n) is 2.65. The lowest BCUT2D eigenvalue weighted by molar-refractivity contribution is -0.139. The van der Waals surface area contributed by atoms with Crippen LogP contribution in [0.2, 0.25) is 0 Å². The Hall–Kier alpha value is -2.20. The van der Waals surface area contributed by atoms with Crippen molar-refractivity contribution in [3.63, 3.8) is 0 Å². The minimum Gasteiger partial charge on any atom is -0.480 e. The molecular weight excluding hydrogens is 380 g/mol. The van der Waals surface area contributed by atoms with Crippen LogP contribution in [0.4, 0.5) is 0 Å². The molecule has 0 rings (SSSR count). The number of carboxylic acids is 2. The molecule has 0 saturated heterocycles. The quantitative estimate of drug-likeness (QED) is 0.320. The highest BCUT2D eigenvalue weighted by atomic mass is 16.4. The molecule has 0 aliphatic carbocycles. The highest BCUT2D eigenvalue weighted by Gasteiger charge is 2.13. The number of nitrogens with one attached hydrogen (secondary N) is 2. The van der Waals surface area contributed by atoms with Gasteiger partial charge in [-0.25, -0.2) is 0 Å². The molecule has 176 valence electrons. The maximum absolute atomic E-state index is 10.8. The molecule has 0 spiro atoms. The van der Waals surface area contributed by atoms with Gasteiger partial charge in [0.2, 0.25) is 11.8 Å². The van der Waals surface area contributed by atoms with Gasteiger partial charge in [0.25, 0.3) is 0 Å². The van der Waals surface area contributed by atoms with Crippen molar-refractivity contribution in [3.8, 4) is 0 Å². The molecule has 29 heavy (non-hydrogen) atoms. The fraction of sp³-hybridized carbons (Fsp3) is 0.789. The van der Waals surface area contributed by atoms with Gasteiger partial charge >= 0.3 is 11.9 Å².